The lowest BCUT2D eigenvalue weighted by Crippen LogP contribution is -2.37. The molecule has 1 heterocycles. The van der Waals surface area contributed by atoms with Crippen LogP contribution in [0.1, 0.15) is 19.7 Å². The number of hydrogen-bond acceptors (Lipinski definition) is 2. The molecule has 0 spiro atoms. The molecule has 0 aliphatic carbocycles. The monoisotopic (exact) mass is 177 g/mol. The Kier molecular flexibility index (Phi) is 2.74. The summed E-state index contributed by atoms with van der Waals surface area (Å²) in [6, 6.07) is 0. The topological polar surface area (TPSA) is 29.9 Å². The van der Waals surface area contributed by atoms with Gasteiger partial charge >= 0.3 is 0 Å². The van der Waals surface area contributed by atoms with Gasteiger partial charge in [-0.3, -0.25) is 5.32 Å². The predicted molar refractivity (Wildman–Crippen MR) is 53.0 cm³/mol. The fourth-order valence-corrected chi connectivity index (χ4v) is 0.918. The highest BCUT2D eigenvalue weighted by molar-refractivity contribution is 5.08. The van der Waals surface area contributed by atoms with Crippen molar-refractivity contribution in [2.75, 3.05) is 0 Å². The highest BCUT2D eigenvalue weighted by Crippen LogP contribution is 2.01. The summed E-state index contributed by atoms with van der Waals surface area (Å²) in [5.74, 6) is 3.66. The zero-order valence-electron chi connectivity index (χ0n) is 8.33. The number of aryl methyl sites for hydroxylation is 1. The summed E-state index contributed by atoms with van der Waals surface area (Å²) in [6.07, 6.45) is 9.04. The number of nitrogens with one attached hydrogen (secondary N) is 1. The molecule has 1 aromatic heterocycles. The van der Waals surface area contributed by atoms with Gasteiger partial charge in [-0.15, -0.1) is 6.42 Å². The molecule has 0 unspecified atom stereocenters. The van der Waals surface area contributed by atoms with E-state index in [1.54, 1.807) is 6.20 Å². The first-order chi connectivity index (χ1) is 6.05. The van der Waals surface area contributed by atoms with Gasteiger partial charge in [-0.25, -0.2) is 4.98 Å². The SMILES string of the molecule is C#CC(C)(C)NCc1nccn1C. The fourth-order valence-electron chi connectivity index (χ4n) is 0.918. The molecule has 0 atom stereocenters. The van der Waals surface area contributed by atoms with Crippen molar-refractivity contribution in [3.05, 3.63) is 18.2 Å². The molecule has 3 heteroatoms. The van der Waals surface area contributed by atoms with Crippen molar-refractivity contribution in [1.29, 1.82) is 0 Å². The van der Waals surface area contributed by atoms with E-state index in [9.17, 15) is 0 Å². The Hall–Kier alpha value is -1.27. The van der Waals surface area contributed by atoms with Crippen molar-refractivity contribution in [3.63, 3.8) is 0 Å². The quantitative estimate of drug-likeness (QED) is 0.696. The summed E-state index contributed by atoms with van der Waals surface area (Å²) in [5.41, 5.74) is -0.272. The van der Waals surface area contributed by atoms with Gasteiger partial charge in [-0.2, -0.15) is 0 Å². The third kappa shape index (κ3) is 2.60. The van der Waals surface area contributed by atoms with Crippen LogP contribution >= 0.6 is 0 Å². The largest absolute Gasteiger partial charge is 0.337 e. The van der Waals surface area contributed by atoms with Gasteiger partial charge in [0.2, 0.25) is 0 Å². The smallest absolute Gasteiger partial charge is 0.122 e. The van der Waals surface area contributed by atoms with E-state index in [1.807, 2.05) is 31.7 Å². The Bertz CT molecular complexity index is 317. The van der Waals surface area contributed by atoms with Crippen LogP contribution in [0.5, 0.6) is 0 Å². The maximum atomic E-state index is 5.34. The van der Waals surface area contributed by atoms with Crippen LogP contribution in [0.25, 0.3) is 0 Å². The standard InChI is InChI=1S/C10H15N3/c1-5-10(2,3)12-8-9-11-6-7-13(9)4/h1,6-7,12H,8H2,2-4H3. The summed E-state index contributed by atoms with van der Waals surface area (Å²) in [6.45, 7) is 4.63. The van der Waals surface area contributed by atoms with Crippen molar-refractivity contribution in [2.24, 2.45) is 7.05 Å². The highest BCUT2D eigenvalue weighted by atomic mass is 15.1. The number of imidazole rings is 1. The Morgan fingerprint density at radius 2 is 2.38 bits per heavy atom. The van der Waals surface area contributed by atoms with Crippen LogP contribution in [0.15, 0.2) is 12.4 Å². The number of aromatic nitrogens is 2. The van der Waals surface area contributed by atoms with Gasteiger partial charge in [-0.05, 0) is 13.8 Å². The normalized spacial score (nSPS) is 11.2. The van der Waals surface area contributed by atoms with Crippen molar-refractivity contribution in [1.82, 2.24) is 14.9 Å². The molecule has 1 aromatic rings. The first-order valence-corrected chi connectivity index (χ1v) is 4.24. The highest BCUT2D eigenvalue weighted by Gasteiger charge is 2.12. The first-order valence-electron chi connectivity index (χ1n) is 4.24. The van der Waals surface area contributed by atoms with Gasteiger partial charge in [0, 0.05) is 19.4 Å². The van der Waals surface area contributed by atoms with E-state index in [2.05, 4.69) is 16.2 Å². The van der Waals surface area contributed by atoms with E-state index in [-0.39, 0.29) is 5.54 Å². The maximum absolute atomic E-state index is 5.34. The Morgan fingerprint density at radius 1 is 1.69 bits per heavy atom. The van der Waals surface area contributed by atoms with Gasteiger partial charge in [0.15, 0.2) is 0 Å². The molecule has 0 amide bonds. The number of nitrogens with zero attached hydrogens (tertiary/aromatic N) is 2. The van der Waals surface area contributed by atoms with Crippen molar-refractivity contribution in [3.8, 4) is 12.3 Å². The Balaban J connectivity index is 2.54. The molecule has 0 aromatic carbocycles. The number of hydrogen-bond donors (Lipinski definition) is 1. The molecule has 13 heavy (non-hydrogen) atoms. The van der Waals surface area contributed by atoms with Gasteiger partial charge in [-0.1, -0.05) is 5.92 Å². The molecular formula is C10H15N3. The second kappa shape index (κ2) is 3.63. The molecule has 1 rings (SSSR count). The predicted octanol–water partition coefficient (Wildman–Crippen LogP) is 0.921. The molecule has 3 nitrogen and oxygen atoms in total. The van der Waals surface area contributed by atoms with Crippen LogP contribution in [-0.2, 0) is 13.6 Å². The molecular weight excluding hydrogens is 162 g/mol. The zero-order valence-corrected chi connectivity index (χ0v) is 8.33. The average molecular weight is 177 g/mol. The minimum absolute atomic E-state index is 0.272. The van der Waals surface area contributed by atoms with E-state index >= 15 is 0 Å². The van der Waals surface area contributed by atoms with Crippen LogP contribution in [0.4, 0.5) is 0 Å². The Morgan fingerprint density at radius 3 is 2.85 bits per heavy atom. The third-order valence-corrected chi connectivity index (χ3v) is 1.97. The molecule has 0 aliphatic rings. The van der Waals surface area contributed by atoms with Crippen LogP contribution in [0.3, 0.4) is 0 Å². The molecule has 0 radical (unpaired) electrons. The van der Waals surface area contributed by atoms with Crippen molar-refractivity contribution in [2.45, 2.75) is 25.9 Å². The summed E-state index contributed by atoms with van der Waals surface area (Å²) in [5, 5.41) is 3.23. The van der Waals surface area contributed by atoms with Gasteiger partial charge in [0.25, 0.3) is 0 Å². The lowest BCUT2D eigenvalue weighted by Gasteiger charge is -2.19. The minimum atomic E-state index is -0.272. The van der Waals surface area contributed by atoms with Crippen LogP contribution in [0.2, 0.25) is 0 Å². The average Bonchev–Trinajstić information content (AvgIpc) is 2.48. The molecule has 1 N–H and O–H groups in total. The molecule has 0 aliphatic heterocycles. The van der Waals surface area contributed by atoms with E-state index < -0.39 is 0 Å². The fraction of sp³-hybridized carbons (Fsp3) is 0.500. The van der Waals surface area contributed by atoms with E-state index in [4.69, 9.17) is 6.42 Å². The lowest BCUT2D eigenvalue weighted by atomic mass is 10.1. The van der Waals surface area contributed by atoms with E-state index in [0.29, 0.717) is 6.54 Å². The van der Waals surface area contributed by atoms with Crippen LogP contribution < -0.4 is 5.32 Å². The molecule has 70 valence electrons. The second-order valence-electron chi connectivity index (χ2n) is 3.58. The molecule has 0 saturated carbocycles. The van der Waals surface area contributed by atoms with Crippen molar-refractivity contribution >= 4 is 0 Å². The number of rotatable bonds is 3. The molecule has 0 fully saturated rings. The van der Waals surface area contributed by atoms with Gasteiger partial charge in [0.05, 0.1) is 12.1 Å². The lowest BCUT2D eigenvalue weighted by molar-refractivity contribution is 0.476. The van der Waals surface area contributed by atoms with E-state index in [1.165, 1.54) is 0 Å². The van der Waals surface area contributed by atoms with E-state index in [0.717, 1.165) is 5.82 Å². The summed E-state index contributed by atoms with van der Waals surface area (Å²) in [7, 11) is 1.97. The summed E-state index contributed by atoms with van der Waals surface area (Å²) in [4.78, 5) is 4.19. The Labute approximate surface area is 79.2 Å². The van der Waals surface area contributed by atoms with Crippen LogP contribution in [0, 0.1) is 12.3 Å². The second-order valence-corrected chi connectivity index (χ2v) is 3.58. The van der Waals surface area contributed by atoms with Crippen molar-refractivity contribution < 1.29 is 0 Å². The maximum Gasteiger partial charge on any atom is 0.122 e. The zero-order chi connectivity index (χ0) is 9.90. The van der Waals surface area contributed by atoms with Crippen LogP contribution in [-0.4, -0.2) is 15.1 Å². The van der Waals surface area contributed by atoms with Gasteiger partial charge < -0.3 is 4.57 Å². The summed E-state index contributed by atoms with van der Waals surface area (Å²) < 4.78 is 1.97. The first kappa shape index (κ1) is 9.82. The minimum Gasteiger partial charge on any atom is -0.337 e. The molecule has 0 saturated heterocycles. The van der Waals surface area contributed by atoms with Gasteiger partial charge in [0.1, 0.15) is 5.82 Å². The molecule has 0 bridgehead atoms. The summed E-state index contributed by atoms with van der Waals surface area (Å²) >= 11 is 0. The third-order valence-electron chi connectivity index (χ3n) is 1.97. The number of terminal acetylenes is 1.